The highest BCUT2D eigenvalue weighted by Crippen LogP contribution is 2.18. The molecule has 2 N–H and O–H groups in total. The van der Waals surface area contributed by atoms with Gasteiger partial charge < -0.3 is 15.2 Å². The van der Waals surface area contributed by atoms with E-state index in [9.17, 15) is 9.90 Å². The molecular formula is C15H15ClN2O3. The fourth-order valence-corrected chi connectivity index (χ4v) is 1.77. The highest BCUT2D eigenvalue weighted by molar-refractivity contribution is 6.30. The van der Waals surface area contributed by atoms with Crippen molar-refractivity contribution in [3.63, 3.8) is 0 Å². The first-order valence-electron chi connectivity index (χ1n) is 6.47. The second-order valence-electron chi connectivity index (χ2n) is 4.33. The van der Waals surface area contributed by atoms with E-state index < -0.39 is 0 Å². The van der Waals surface area contributed by atoms with Gasteiger partial charge in [0.05, 0.1) is 6.61 Å². The van der Waals surface area contributed by atoms with Crippen LogP contribution < -0.4 is 10.1 Å². The van der Waals surface area contributed by atoms with Gasteiger partial charge in [-0.1, -0.05) is 11.6 Å². The summed E-state index contributed by atoms with van der Waals surface area (Å²) >= 11 is 5.77. The van der Waals surface area contributed by atoms with Crippen molar-refractivity contribution in [3.8, 4) is 11.5 Å². The van der Waals surface area contributed by atoms with Crippen LogP contribution in [0.5, 0.6) is 11.5 Å². The molecule has 2 rings (SSSR count). The molecule has 6 heteroatoms. The van der Waals surface area contributed by atoms with Gasteiger partial charge >= 0.3 is 0 Å². The third kappa shape index (κ3) is 4.96. The summed E-state index contributed by atoms with van der Waals surface area (Å²) in [5.41, 5.74) is 0. The Hall–Kier alpha value is -2.27. The van der Waals surface area contributed by atoms with E-state index in [2.05, 4.69) is 10.3 Å². The lowest BCUT2D eigenvalue weighted by atomic mass is 10.3. The number of rotatable bonds is 6. The van der Waals surface area contributed by atoms with E-state index in [4.69, 9.17) is 16.3 Å². The first-order chi connectivity index (χ1) is 10.1. The minimum absolute atomic E-state index is 0.0525. The number of nitrogens with one attached hydrogen (secondary N) is 1. The minimum Gasteiger partial charge on any atom is -0.504 e. The summed E-state index contributed by atoms with van der Waals surface area (Å²) in [5, 5.41) is 12.7. The summed E-state index contributed by atoms with van der Waals surface area (Å²) in [6, 6.07) is 10.1. The number of hydrogen-bond donors (Lipinski definition) is 2. The summed E-state index contributed by atoms with van der Waals surface area (Å²) in [5.74, 6) is 0.607. The van der Waals surface area contributed by atoms with E-state index in [0.29, 0.717) is 23.8 Å². The molecule has 1 aromatic heterocycles. The van der Waals surface area contributed by atoms with Gasteiger partial charge in [-0.3, -0.25) is 4.79 Å². The fourth-order valence-electron chi connectivity index (χ4n) is 1.64. The van der Waals surface area contributed by atoms with Crippen LogP contribution in [0.25, 0.3) is 0 Å². The average Bonchev–Trinajstić information content (AvgIpc) is 2.48. The molecule has 1 aromatic carbocycles. The molecule has 0 unspecified atom stereocenters. The van der Waals surface area contributed by atoms with Crippen LogP contribution in [0.4, 0.5) is 5.82 Å². The van der Waals surface area contributed by atoms with Crippen LogP contribution in [-0.4, -0.2) is 22.6 Å². The second kappa shape index (κ2) is 7.50. The molecule has 0 aliphatic carbocycles. The Morgan fingerprint density at radius 2 is 2.05 bits per heavy atom. The van der Waals surface area contributed by atoms with E-state index in [1.807, 2.05) is 0 Å². The van der Waals surface area contributed by atoms with Gasteiger partial charge in [0.2, 0.25) is 5.91 Å². The van der Waals surface area contributed by atoms with Gasteiger partial charge in [-0.2, -0.15) is 0 Å². The molecule has 1 heterocycles. The van der Waals surface area contributed by atoms with Crippen molar-refractivity contribution in [2.75, 3.05) is 11.9 Å². The van der Waals surface area contributed by atoms with Crippen molar-refractivity contribution < 1.29 is 14.6 Å². The highest BCUT2D eigenvalue weighted by Gasteiger charge is 2.06. The number of aromatic hydroxyl groups is 1. The summed E-state index contributed by atoms with van der Waals surface area (Å²) in [6.07, 6.45) is 2.34. The summed E-state index contributed by atoms with van der Waals surface area (Å²) in [6.45, 7) is 0.420. The zero-order valence-electron chi connectivity index (χ0n) is 11.3. The van der Waals surface area contributed by atoms with Crippen LogP contribution >= 0.6 is 11.6 Å². The number of halogens is 1. The van der Waals surface area contributed by atoms with E-state index in [0.717, 1.165) is 0 Å². The number of amides is 1. The summed E-state index contributed by atoms with van der Waals surface area (Å²) in [4.78, 5) is 15.6. The molecular weight excluding hydrogens is 292 g/mol. The van der Waals surface area contributed by atoms with Gasteiger partial charge in [-0.05, 0) is 42.8 Å². The van der Waals surface area contributed by atoms with Crippen LogP contribution in [0.15, 0.2) is 42.6 Å². The van der Waals surface area contributed by atoms with Crippen molar-refractivity contribution in [2.45, 2.75) is 12.8 Å². The number of carbonyl (C=O) groups excluding carboxylic acids is 1. The number of benzene rings is 1. The van der Waals surface area contributed by atoms with E-state index in [-0.39, 0.29) is 23.9 Å². The minimum atomic E-state index is -0.219. The summed E-state index contributed by atoms with van der Waals surface area (Å²) in [7, 11) is 0. The number of nitrogens with zero attached hydrogens (tertiary/aromatic N) is 1. The van der Waals surface area contributed by atoms with Crippen molar-refractivity contribution in [3.05, 3.63) is 47.6 Å². The van der Waals surface area contributed by atoms with E-state index in [1.54, 1.807) is 30.3 Å². The fraction of sp³-hybridized carbons (Fsp3) is 0.200. The predicted octanol–water partition coefficient (Wildman–Crippen LogP) is 3.24. The highest BCUT2D eigenvalue weighted by atomic mass is 35.5. The maximum Gasteiger partial charge on any atom is 0.225 e. The quantitative estimate of drug-likeness (QED) is 0.804. The number of carbonyl (C=O) groups is 1. The predicted molar refractivity (Wildman–Crippen MR) is 80.7 cm³/mol. The van der Waals surface area contributed by atoms with Crippen LogP contribution in [0.1, 0.15) is 12.8 Å². The first kappa shape index (κ1) is 15.1. The lowest BCUT2D eigenvalue weighted by molar-refractivity contribution is -0.116. The zero-order valence-corrected chi connectivity index (χ0v) is 12.0. The van der Waals surface area contributed by atoms with E-state index in [1.165, 1.54) is 12.3 Å². The molecule has 5 nitrogen and oxygen atoms in total. The molecule has 0 fully saturated rings. The Balaban J connectivity index is 1.70. The molecule has 0 aliphatic rings. The van der Waals surface area contributed by atoms with Gasteiger partial charge in [0.15, 0.2) is 11.6 Å². The smallest absolute Gasteiger partial charge is 0.225 e. The molecule has 1 amide bonds. The normalized spacial score (nSPS) is 10.1. The molecule has 0 aliphatic heterocycles. The Labute approximate surface area is 127 Å². The van der Waals surface area contributed by atoms with Crippen molar-refractivity contribution >= 4 is 23.3 Å². The number of ether oxygens (including phenoxy) is 1. The molecule has 110 valence electrons. The summed E-state index contributed by atoms with van der Waals surface area (Å²) < 4.78 is 5.48. The monoisotopic (exact) mass is 306 g/mol. The Morgan fingerprint density at radius 3 is 2.76 bits per heavy atom. The van der Waals surface area contributed by atoms with Crippen LogP contribution in [0.2, 0.25) is 5.02 Å². The van der Waals surface area contributed by atoms with Gasteiger partial charge in [-0.25, -0.2) is 4.98 Å². The first-order valence-corrected chi connectivity index (χ1v) is 6.85. The molecule has 0 atom stereocenters. The van der Waals surface area contributed by atoms with Crippen molar-refractivity contribution in [1.29, 1.82) is 0 Å². The van der Waals surface area contributed by atoms with Crippen LogP contribution in [0.3, 0.4) is 0 Å². The Kier molecular flexibility index (Phi) is 5.40. The van der Waals surface area contributed by atoms with Gasteiger partial charge in [-0.15, -0.1) is 0 Å². The number of anilines is 1. The number of pyridine rings is 1. The maximum atomic E-state index is 11.7. The Bertz CT molecular complexity index is 602. The van der Waals surface area contributed by atoms with Gasteiger partial charge in [0.25, 0.3) is 0 Å². The van der Waals surface area contributed by atoms with E-state index >= 15 is 0 Å². The molecule has 0 saturated carbocycles. The number of aromatic nitrogens is 1. The van der Waals surface area contributed by atoms with Gasteiger partial charge in [0.1, 0.15) is 5.75 Å². The molecule has 0 radical (unpaired) electrons. The average molecular weight is 307 g/mol. The van der Waals surface area contributed by atoms with Crippen LogP contribution in [0, 0.1) is 0 Å². The third-order valence-corrected chi connectivity index (χ3v) is 2.93. The van der Waals surface area contributed by atoms with Crippen LogP contribution in [-0.2, 0) is 4.79 Å². The lowest BCUT2D eigenvalue weighted by Gasteiger charge is -2.07. The largest absolute Gasteiger partial charge is 0.504 e. The molecule has 0 bridgehead atoms. The maximum absolute atomic E-state index is 11.7. The van der Waals surface area contributed by atoms with Crippen molar-refractivity contribution in [1.82, 2.24) is 4.98 Å². The third-order valence-electron chi connectivity index (χ3n) is 2.67. The lowest BCUT2D eigenvalue weighted by Crippen LogP contribution is -2.13. The standard InChI is InChI=1S/C15H15ClN2O3/c16-11-5-7-12(8-6-11)21-10-2-4-14(20)18-15-13(19)3-1-9-17-15/h1,3,5-9,19H,2,4,10H2,(H,17,18,20). The SMILES string of the molecule is O=C(CCCOc1ccc(Cl)cc1)Nc1ncccc1O. The Morgan fingerprint density at radius 1 is 1.29 bits per heavy atom. The zero-order chi connectivity index (χ0) is 15.1. The molecule has 0 saturated heterocycles. The molecule has 0 spiro atoms. The molecule has 2 aromatic rings. The van der Waals surface area contributed by atoms with Crippen molar-refractivity contribution in [2.24, 2.45) is 0 Å². The molecule has 21 heavy (non-hydrogen) atoms. The number of hydrogen-bond acceptors (Lipinski definition) is 4. The topological polar surface area (TPSA) is 71.5 Å². The van der Waals surface area contributed by atoms with Gasteiger partial charge in [0, 0.05) is 17.6 Å². The second-order valence-corrected chi connectivity index (χ2v) is 4.76.